The highest BCUT2D eigenvalue weighted by molar-refractivity contribution is 6.31. The number of nitrogens with two attached hydrogens (primary N) is 1. The third-order valence-electron chi connectivity index (χ3n) is 3.85. The van der Waals surface area contributed by atoms with Gasteiger partial charge in [0, 0.05) is 29.3 Å². The Labute approximate surface area is 121 Å². The zero-order valence-electron chi connectivity index (χ0n) is 12.0. The van der Waals surface area contributed by atoms with Crippen LogP contribution in [0.25, 0.3) is 0 Å². The lowest BCUT2D eigenvalue weighted by atomic mass is 10.0. The lowest BCUT2D eigenvalue weighted by Gasteiger charge is -2.28. The van der Waals surface area contributed by atoms with Gasteiger partial charge in [0.15, 0.2) is 0 Å². The summed E-state index contributed by atoms with van der Waals surface area (Å²) in [5, 5.41) is 0.864. The molecule has 106 valence electrons. The molecule has 1 aromatic rings. The molecule has 1 fully saturated rings. The number of anilines is 1. The minimum Gasteiger partial charge on any atom is -0.368 e. The molecule has 1 aliphatic carbocycles. The number of hydrogen-bond acceptors (Lipinski definition) is 2. The van der Waals surface area contributed by atoms with E-state index < -0.39 is 0 Å². The van der Waals surface area contributed by atoms with Gasteiger partial charge >= 0.3 is 0 Å². The number of halogens is 1. The summed E-state index contributed by atoms with van der Waals surface area (Å²) in [5.41, 5.74) is 8.67. The predicted octanol–water partition coefficient (Wildman–Crippen LogP) is 4.00. The maximum absolute atomic E-state index is 6.42. The SMILES string of the molecule is CCCN(c1cccc(Cl)c1CC(N)CC)C1CC1. The Hall–Kier alpha value is -0.730. The summed E-state index contributed by atoms with van der Waals surface area (Å²) < 4.78 is 0. The minimum atomic E-state index is 0.196. The molecule has 0 heterocycles. The highest BCUT2D eigenvalue weighted by atomic mass is 35.5. The second kappa shape index (κ2) is 6.62. The Kier molecular flexibility index (Phi) is 5.12. The Morgan fingerprint density at radius 2 is 2.11 bits per heavy atom. The quantitative estimate of drug-likeness (QED) is 0.818. The van der Waals surface area contributed by atoms with Crippen molar-refractivity contribution < 1.29 is 0 Å². The Balaban J connectivity index is 2.29. The summed E-state index contributed by atoms with van der Waals surface area (Å²) in [6.45, 7) is 5.47. The molecule has 1 aliphatic rings. The van der Waals surface area contributed by atoms with Gasteiger partial charge in [0.1, 0.15) is 0 Å². The first-order chi connectivity index (χ1) is 9.17. The van der Waals surface area contributed by atoms with Crippen LogP contribution in [0, 0.1) is 0 Å². The van der Waals surface area contributed by atoms with Crippen molar-refractivity contribution in [2.75, 3.05) is 11.4 Å². The second-order valence-corrected chi connectivity index (χ2v) is 5.94. The van der Waals surface area contributed by atoms with Gasteiger partial charge in [-0.2, -0.15) is 0 Å². The molecule has 3 heteroatoms. The highest BCUT2D eigenvalue weighted by Gasteiger charge is 2.30. The van der Waals surface area contributed by atoms with Crippen molar-refractivity contribution in [1.29, 1.82) is 0 Å². The fraction of sp³-hybridized carbons (Fsp3) is 0.625. The van der Waals surface area contributed by atoms with Gasteiger partial charge in [0.25, 0.3) is 0 Å². The first-order valence-corrected chi connectivity index (χ1v) is 7.84. The van der Waals surface area contributed by atoms with Gasteiger partial charge in [-0.3, -0.25) is 0 Å². The minimum absolute atomic E-state index is 0.196. The van der Waals surface area contributed by atoms with Gasteiger partial charge < -0.3 is 10.6 Å². The molecule has 2 nitrogen and oxygen atoms in total. The fourth-order valence-electron chi connectivity index (χ4n) is 2.55. The van der Waals surface area contributed by atoms with E-state index in [9.17, 15) is 0 Å². The normalized spacial score (nSPS) is 16.4. The van der Waals surface area contributed by atoms with E-state index in [1.54, 1.807) is 0 Å². The summed E-state index contributed by atoms with van der Waals surface area (Å²) >= 11 is 6.42. The molecule has 19 heavy (non-hydrogen) atoms. The van der Waals surface area contributed by atoms with Crippen LogP contribution in [0.5, 0.6) is 0 Å². The standard InChI is InChI=1S/C16H25ClN2/c1-3-10-19(13-8-9-13)16-7-5-6-15(17)14(16)11-12(18)4-2/h5-7,12-13H,3-4,8-11,18H2,1-2H3. The third kappa shape index (κ3) is 3.64. The van der Waals surface area contributed by atoms with Crippen LogP contribution in [0.15, 0.2) is 18.2 Å². The Morgan fingerprint density at radius 3 is 2.68 bits per heavy atom. The molecule has 0 radical (unpaired) electrons. The topological polar surface area (TPSA) is 29.3 Å². The molecule has 1 unspecified atom stereocenters. The first-order valence-electron chi connectivity index (χ1n) is 7.47. The van der Waals surface area contributed by atoms with E-state index in [0.29, 0.717) is 0 Å². The zero-order chi connectivity index (χ0) is 13.8. The lowest BCUT2D eigenvalue weighted by Crippen LogP contribution is -2.29. The van der Waals surface area contributed by atoms with Crippen molar-refractivity contribution in [1.82, 2.24) is 0 Å². The largest absolute Gasteiger partial charge is 0.368 e. The highest BCUT2D eigenvalue weighted by Crippen LogP contribution is 2.36. The Bertz CT molecular complexity index is 415. The molecule has 0 spiro atoms. The van der Waals surface area contributed by atoms with Crippen molar-refractivity contribution in [2.45, 2.75) is 58.0 Å². The molecular formula is C16H25ClN2. The van der Waals surface area contributed by atoms with Crippen molar-refractivity contribution in [2.24, 2.45) is 5.73 Å². The fourth-order valence-corrected chi connectivity index (χ4v) is 2.80. The first kappa shape index (κ1) is 14.7. The molecule has 0 saturated heterocycles. The average molecular weight is 281 g/mol. The van der Waals surface area contributed by atoms with Crippen LogP contribution < -0.4 is 10.6 Å². The number of benzene rings is 1. The third-order valence-corrected chi connectivity index (χ3v) is 4.20. The maximum atomic E-state index is 6.42. The van der Waals surface area contributed by atoms with E-state index in [1.807, 2.05) is 6.07 Å². The number of hydrogen-bond donors (Lipinski definition) is 1. The van der Waals surface area contributed by atoms with E-state index in [2.05, 4.69) is 30.9 Å². The predicted molar refractivity (Wildman–Crippen MR) is 84.1 cm³/mol. The molecule has 2 N–H and O–H groups in total. The molecule has 1 saturated carbocycles. The van der Waals surface area contributed by atoms with Crippen molar-refractivity contribution in [3.8, 4) is 0 Å². The number of rotatable bonds is 7. The Morgan fingerprint density at radius 1 is 1.37 bits per heavy atom. The van der Waals surface area contributed by atoms with Crippen molar-refractivity contribution in [3.05, 3.63) is 28.8 Å². The summed E-state index contributed by atoms with van der Waals surface area (Å²) in [4.78, 5) is 2.53. The molecule has 0 aliphatic heterocycles. The van der Waals surface area contributed by atoms with Gasteiger partial charge in [0.2, 0.25) is 0 Å². The van der Waals surface area contributed by atoms with E-state index in [-0.39, 0.29) is 6.04 Å². The zero-order valence-corrected chi connectivity index (χ0v) is 12.8. The maximum Gasteiger partial charge on any atom is 0.0459 e. The summed E-state index contributed by atoms with van der Waals surface area (Å²) in [6.07, 6.45) is 5.65. The smallest absolute Gasteiger partial charge is 0.0459 e. The molecule has 0 amide bonds. The molecule has 1 atom stereocenters. The average Bonchev–Trinajstić information content (AvgIpc) is 3.23. The van der Waals surface area contributed by atoms with Crippen LogP contribution in [-0.2, 0) is 6.42 Å². The van der Waals surface area contributed by atoms with Crippen LogP contribution in [0.1, 0.15) is 45.1 Å². The van der Waals surface area contributed by atoms with Gasteiger partial charge in [-0.25, -0.2) is 0 Å². The molecule has 0 bridgehead atoms. The number of nitrogens with zero attached hydrogens (tertiary/aromatic N) is 1. The van der Waals surface area contributed by atoms with Gasteiger partial charge in [-0.1, -0.05) is 31.5 Å². The van der Waals surface area contributed by atoms with Crippen molar-refractivity contribution >= 4 is 17.3 Å². The monoisotopic (exact) mass is 280 g/mol. The second-order valence-electron chi connectivity index (χ2n) is 5.53. The van der Waals surface area contributed by atoms with Gasteiger partial charge in [-0.15, -0.1) is 0 Å². The van der Waals surface area contributed by atoms with Crippen LogP contribution in [0.4, 0.5) is 5.69 Å². The van der Waals surface area contributed by atoms with E-state index >= 15 is 0 Å². The van der Waals surface area contributed by atoms with Crippen LogP contribution in [0.2, 0.25) is 5.02 Å². The van der Waals surface area contributed by atoms with Gasteiger partial charge in [-0.05, 0) is 49.8 Å². The molecule has 0 aromatic heterocycles. The van der Waals surface area contributed by atoms with Gasteiger partial charge in [0.05, 0.1) is 0 Å². The molecular weight excluding hydrogens is 256 g/mol. The summed E-state index contributed by atoms with van der Waals surface area (Å²) in [6, 6.07) is 7.16. The van der Waals surface area contributed by atoms with Crippen LogP contribution in [-0.4, -0.2) is 18.6 Å². The van der Waals surface area contributed by atoms with E-state index in [0.717, 1.165) is 30.5 Å². The van der Waals surface area contributed by atoms with Crippen LogP contribution >= 0.6 is 11.6 Å². The molecule has 1 aromatic carbocycles. The lowest BCUT2D eigenvalue weighted by molar-refractivity contribution is 0.643. The summed E-state index contributed by atoms with van der Waals surface area (Å²) in [5.74, 6) is 0. The van der Waals surface area contributed by atoms with Crippen molar-refractivity contribution in [3.63, 3.8) is 0 Å². The molecule has 2 rings (SSSR count). The van der Waals surface area contributed by atoms with Crippen LogP contribution in [0.3, 0.4) is 0 Å². The van der Waals surface area contributed by atoms with E-state index in [1.165, 1.54) is 30.5 Å². The summed E-state index contributed by atoms with van der Waals surface area (Å²) in [7, 11) is 0. The van der Waals surface area contributed by atoms with E-state index in [4.69, 9.17) is 17.3 Å².